The van der Waals surface area contributed by atoms with E-state index in [4.69, 9.17) is 4.74 Å². The van der Waals surface area contributed by atoms with Gasteiger partial charge in [0.05, 0.1) is 25.2 Å². The number of aliphatic hydroxyl groups is 1. The largest absolute Gasteiger partial charge is 0.497 e. The number of methoxy groups -OCH3 is 1. The van der Waals surface area contributed by atoms with Gasteiger partial charge in [0.25, 0.3) is 0 Å². The molecule has 1 N–H and O–H groups in total. The molecule has 7 nitrogen and oxygen atoms in total. The molecule has 0 bridgehead atoms. The van der Waals surface area contributed by atoms with Gasteiger partial charge in [-0.1, -0.05) is 6.07 Å². The van der Waals surface area contributed by atoms with E-state index in [9.17, 15) is 18.3 Å². The van der Waals surface area contributed by atoms with Crippen molar-refractivity contribution in [2.24, 2.45) is 5.92 Å². The molecule has 0 spiro atoms. The van der Waals surface area contributed by atoms with E-state index in [2.05, 4.69) is 0 Å². The van der Waals surface area contributed by atoms with Crippen LogP contribution in [0.3, 0.4) is 0 Å². The van der Waals surface area contributed by atoms with E-state index in [1.165, 1.54) is 10.6 Å². The summed E-state index contributed by atoms with van der Waals surface area (Å²) in [5.41, 5.74) is 1.42. The highest BCUT2D eigenvalue weighted by Crippen LogP contribution is 2.37. The number of nitrogens with zero attached hydrogens (tertiary/aromatic N) is 2. The average molecular weight is 368 g/mol. The summed E-state index contributed by atoms with van der Waals surface area (Å²) in [7, 11) is -1.64. The first kappa shape index (κ1) is 18.2. The van der Waals surface area contributed by atoms with E-state index in [0.29, 0.717) is 50.3 Å². The molecule has 2 aliphatic heterocycles. The molecule has 138 valence electrons. The van der Waals surface area contributed by atoms with Crippen molar-refractivity contribution in [1.29, 1.82) is 0 Å². The summed E-state index contributed by atoms with van der Waals surface area (Å²) in [5.74, 6) is 0.430. The fourth-order valence-electron chi connectivity index (χ4n) is 3.58. The number of amides is 1. The van der Waals surface area contributed by atoms with Gasteiger partial charge in [0.1, 0.15) is 5.75 Å². The second-order valence-corrected chi connectivity index (χ2v) is 8.64. The number of hydrogen-bond acceptors (Lipinski definition) is 5. The average Bonchev–Trinajstić information content (AvgIpc) is 2.60. The fraction of sp³-hybridized carbons (Fsp3) is 0.588. The second-order valence-electron chi connectivity index (χ2n) is 6.66. The third-order valence-electron chi connectivity index (χ3n) is 5.05. The lowest BCUT2D eigenvalue weighted by Gasteiger charge is -2.37. The maximum Gasteiger partial charge on any atom is 0.230 e. The molecular formula is C17H24N2O5S. The van der Waals surface area contributed by atoms with E-state index in [-0.39, 0.29) is 11.8 Å². The minimum absolute atomic E-state index is 0.00504. The molecule has 2 heterocycles. The Balaban J connectivity index is 1.79. The first-order chi connectivity index (χ1) is 11.8. The van der Waals surface area contributed by atoms with Gasteiger partial charge in [-0.2, -0.15) is 0 Å². The van der Waals surface area contributed by atoms with Crippen LogP contribution < -0.4 is 9.64 Å². The SMILES string of the molecule is COc1ccc2c(c1)N(C(=O)C1CCN(S(C)(=O)=O)CC1)CCC2O. The molecule has 1 unspecified atom stereocenters. The van der Waals surface area contributed by atoms with Gasteiger partial charge in [0.2, 0.25) is 15.9 Å². The number of piperidine rings is 1. The van der Waals surface area contributed by atoms with Crippen LogP contribution in [0, 0.1) is 5.92 Å². The number of carbonyl (C=O) groups is 1. The maximum atomic E-state index is 13.0. The van der Waals surface area contributed by atoms with Crippen molar-refractivity contribution in [2.75, 3.05) is 37.9 Å². The molecule has 25 heavy (non-hydrogen) atoms. The Morgan fingerprint density at radius 2 is 1.88 bits per heavy atom. The standard InChI is InChI=1S/C17H24N2O5S/c1-24-13-3-4-14-15(11-13)19(10-7-16(14)20)17(21)12-5-8-18(9-6-12)25(2,22)23/h3-4,11-12,16,20H,5-10H2,1-2H3. The lowest BCUT2D eigenvalue weighted by atomic mass is 9.93. The normalized spacial score (nSPS) is 22.5. The maximum absolute atomic E-state index is 13.0. The quantitative estimate of drug-likeness (QED) is 0.864. The van der Waals surface area contributed by atoms with Crippen LogP contribution in [0.1, 0.15) is 30.9 Å². The highest BCUT2D eigenvalue weighted by atomic mass is 32.2. The Labute approximate surface area is 148 Å². The van der Waals surface area contributed by atoms with Crippen molar-refractivity contribution in [3.63, 3.8) is 0 Å². The predicted octanol–water partition coefficient (Wildman–Crippen LogP) is 1.14. The summed E-state index contributed by atoms with van der Waals surface area (Å²) in [6, 6.07) is 5.35. The highest BCUT2D eigenvalue weighted by Gasteiger charge is 2.35. The first-order valence-electron chi connectivity index (χ1n) is 8.43. The molecule has 2 aliphatic rings. The van der Waals surface area contributed by atoms with Crippen molar-refractivity contribution in [2.45, 2.75) is 25.4 Å². The van der Waals surface area contributed by atoms with Crippen LogP contribution in [-0.4, -0.2) is 56.7 Å². The molecule has 1 saturated heterocycles. The number of rotatable bonds is 3. The van der Waals surface area contributed by atoms with Crippen LogP contribution in [0.4, 0.5) is 5.69 Å². The van der Waals surface area contributed by atoms with Crippen LogP contribution in [0.15, 0.2) is 18.2 Å². The van der Waals surface area contributed by atoms with E-state index < -0.39 is 16.1 Å². The van der Waals surface area contributed by atoms with E-state index in [1.807, 2.05) is 0 Å². The molecule has 3 rings (SSSR count). The first-order valence-corrected chi connectivity index (χ1v) is 10.3. The van der Waals surface area contributed by atoms with Crippen molar-refractivity contribution in [3.05, 3.63) is 23.8 Å². The van der Waals surface area contributed by atoms with Gasteiger partial charge in [0, 0.05) is 37.2 Å². The molecule has 1 aromatic carbocycles. The Hall–Kier alpha value is -1.64. The summed E-state index contributed by atoms with van der Waals surface area (Å²) >= 11 is 0. The number of sulfonamides is 1. The molecule has 0 radical (unpaired) electrons. The minimum Gasteiger partial charge on any atom is -0.497 e. The summed E-state index contributed by atoms with van der Waals surface area (Å²) < 4.78 is 29.9. The molecule has 0 saturated carbocycles. The lowest BCUT2D eigenvalue weighted by molar-refractivity contribution is -0.123. The summed E-state index contributed by atoms with van der Waals surface area (Å²) in [6.45, 7) is 1.19. The lowest BCUT2D eigenvalue weighted by Crippen LogP contribution is -2.45. The summed E-state index contributed by atoms with van der Waals surface area (Å²) in [4.78, 5) is 14.7. The number of anilines is 1. The summed E-state index contributed by atoms with van der Waals surface area (Å²) in [6.07, 6.45) is 2.14. The second kappa shape index (κ2) is 6.93. The number of benzene rings is 1. The van der Waals surface area contributed by atoms with Crippen molar-refractivity contribution in [3.8, 4) is 5.75 Å². The Morgan fingerprint density at radius 1 is 1.20 bits per heavy atom. The van der Waals surface area contributed by atoms with Crippen LogP contribution in [-0.2, 0) is 14.8 Å². The Bertz CT molecular complexity index is 756. The predicted molar refractivity (Wildman–Crippen MR) is 94.1 cm³/mol. The fourth-order valence-corrected chi connectivity index (χ4v) is 4.45. The third kappa shape index (κ3) is 3.65. The number of carbonyl (C=O) groups excluding carboxylic acids is 1. The number of aliphatic hydroxyl groups excluding tert-OH is 1. The topological polar surface area (TPSA) is 87.2 Å². The van der Waals surface area contributed by atoms with Crippen LogP contribution in [0.2, 0.25) is 0 Å². The molecule has 1 atom stereocenters. The van der Waals surface area contributed by atoms with Gasteiger partial charge in [0.15, 0.2) is 0 Å². The number of hydrogen-bond donors (Lipinski definition) is 1. The van der Waals surface area contributed by atoms with Gasteiger partial charge in [-0.15, -0.1) is 0 Å². The Morgan fingerprint density at radius 3 is 2.48 bits per heavy atom. The summed E-state index contributed by atoms with van der Waals surface area (Å²) in [5, 5.41) is 10.2. The highest BCUT2D eigenvalue weighted by molar-refractivity contribution is 7.88. The molecular weight excluding hydrogens is 344 g/mol. The molecule has 8 heteroatoms. The van der Waals surface area contributed by atoms with Crippen LogP contribution >= 0.6 is 0 Å². The zero-order valence-electron chi connectivity index (χ0n) is 14.5. The van der Waals surface area contributed by atoms with E-state index in [1.54, 1.807) is 30.2 Å². The Kier molecular flexibility index (Phi) is 5.04. The molecule has 0 aliphatic carbocycles. The van der Waals surface area contributed by atoms with Crippen LogP contribution in [0.25, 0.3) is 0 Å². The van der Waals surface area contributed by atoms with E-state index >= 15 is 0 Å². The molecule has 1 amide bonds. The monoisotopic (exact) mass is 368 g/mol. The van der Waals surface area contributed by atoms with E-state index in [0.717, 1.165) is 5.56 Å². The van der Waals surface area contributed by atoms with Gasteiger partial charge in [-0.3, -0.25) is 4.79 Å². The number of ether oxygens (including phenoxy) is 1. The zero-order valence-corrected chi connectivity index (χ0v) is 15.3. The molecule has 0 aromatic heterocycles. The minimum atomic E-state index is -3.21. The van der Waals surface area contributed by atoms with Crippen molar-refractivity contribution in [1.82, 2.24) is 4.31 Å². The smallest absolute Gasteiger partial charge is 0.230 e. The van der Waals surface area contributed by atoms with Crippen molar-refractivity contribution < 1.29 is 23.1 Å². The van der Waals surface area contributed by atoms with Crippen LogP contribution in [0.5, 0.6) is 5.75 Å². The molecule has 1 fully saturated rings. The van der Waals surface area contributed by atoms with Gasteiger partial charge < -0.3 is 14.7 Å². The van der Waals surface area contributed by atoms with Gasteiger partial charge in [-0.05, 0) is 25.3 Å². The zero-order chi connectivity index (χ0) is 18.2. The number of fused-ring (bicyclic) bond motifs is 1. The van der Waals surface area contributed by atoms with Gasteiger partial charge in [-0.25, -0.2) is 12.7 Å². The molecule has 1 aromatic rings. The van der Waals surface area contributed by atoms with Gasteiger partial charge >= 0.3 is 0 Å². The van der Waals surface area contributed by atoms with Crippen molar-refractivity contribution >= 4 is 21.6 Å². The third-order valence-corrected chi connectivity index (χ3v) is 6.35.